The van der Waals surface area contributed by atoms with Crippen LogP contribution in [0.2, 0.25) is 5.02 Å². The van der Waals surface area contributed by atoms with E-state index >= 15 is 0 Å². The third-order valence-corrected chi connectivity index (χ3v) is 4.16. The quantitative estimate of drug-likeness (QED) is 0.682. The van der Waals surface area contributed by atoms with Crippen LogP contribution in [0.3, 0.4) is 0 Å². The Morgan fingerprint density at radius 3 is 2.67 bits per heavy atom. The number of anilines is 1. The van der Waals surface area contributed by atoms with Gasteiger partial charge in [-0.1, -0.05) is 35.9 Å². The van der Waals surface area contributed by atoms with Crippen LogP contribution >= 0.6 is 11.6 Å². The number of halogens is 1. The molecule has 0 radical (unpaired) electrons. The average molecular weight is 303 g/mol. The molecule has 4 nitrogen and oxygen atoms in total. The van der Waals surface area contributed by atoms with E-state index in [0.717, 1.165) is 24.9 Å². The molecule has 108 valence electrons. The Kier molecular flexibility index (Phi) is 3.80. The summed E-state index contributed by atoms with van der Waals surface area (Å²) in [5.74, 6) is 0. The highest BCUT2D eigenvalue weighted by atomic mass is 35.5. The van der Waals surface area contributed by atoms with Crippen LogP contribution in [0.5, 0.6) is 0 Å². The topological polar surface area (TPSA) is 55.2 Å². The lowest BCUT2D eigenvalue weighted by atomic mass is 9.88. The number of nitro benzene ring substituents is 1. The summed E-state index contributed by atoms with van der Waals surface area (Å²) >= 11 is 5.94. The first-order chi connectivity index (χ1) is 10.1. The summed E-state index contributed by atoms with van der Waals surface area (Å²) in [5, 5.41) is 14.4. The molecule has 0 amide bonds. The van der Waals surface area contributed by atoms with Gasteiger partial charge < -0.3 is 5.32 Å². The molecule has 3 rings (SSSR count). The van der Waals surface area contributed by atoms with Gasteiger partial charge in [-0.2, -0.15) is 0 Å². The highest BCUT2D eigenvalue weighted by Gasteiger charge is 2.19. The molecule has 1 atom stereocenters. The minimum absolute atomic E-state index is 0.0591. The van der Waals surface area contributed by atoms with Crippen LogP contribution in [0.25, 0.3) is 0 Å². The smallest absolute Gasteiger partial charge is 0.288 e. The van der Waals surface area contributed by atoms with Gasteiger partial charge in [-0.25, -0.2) is 0 Å². The maximum absolute atomic E-state index is 10.8. The molecule has 1 unspecified atom stereocenters. The van der Waals surface area contributed by atoms with Crippen LogP contribution < -0.4 is 5.32 Å². The number of nitro groups is 1. The summed E-state index contributed by atoms with van der Waals surface area (Å²) < 4.78 is 0. The van der Waals surface area contributed by atoms with E-state index in [4.69, 9.17) is 11.6 Å². The van der Waals surface area contributed by atoms with Crippen molar-refractivity contribution in [1.82, 2.24) is 0 Å². The molecule has 2 aromatic carbocycles. The first kappa shape index (κ1) is 13.9. The zero-order valence-electron chi connectivity index (χ0n) is 11.4. The number of rotatable bonds is 3. The third kappa shape index (κ3) is 3.00. The van der Waals surface area contributed by atoms with E-state index in [9.17, 15) is 10.1 Å². The molecule has 0 aromatic heterocycles. The second-order valence-electron chi connectivity index (χ2n) is 5.28. The molecule has 0 saturated heterocycles. The molecule has 1 aliphatic carbocycles. The van der Waals surface area contributed by atoms with Crippen LogP contribution in [0.1, 0.15) is 17.5 Å². The molecule has 0 aliphatic heterocycles. The van der Waals surface area contributed by atoms with Crippen LogP contribution in [-0.2, 0) is 12.8 Å². The SMILES string of the molecule is O=[N+]([O-])c1ccc(NC2CCc3ccccc3C2)cc1Cl. The average Bonchev–Trinajstić information content (AvgIpc) is 2.47. The number of fused-ring (bicyclic) bond motifs is 1. The van der Waals surface area contributed by atoms with Crippen molar-refractivity contribution in [3.8, 4) is 0 Å². The lowest BCUT2D eigenvalue weighted by Crippen LogP contribution is -2.27. The number of aryl methyl sites for hydroxylation is 1. The molecule has 0 bridgehead atoms. The fourth-order valence-electron chi connectivity index (χ4n) is 2.80. The molecule has 2 aromatic rings. The number of nitrogens with one attached hydrogen (secondary N) is 1. The molecule has 1 aliphatic rings. The molecule has 0 heterocycles. The zero-order valence-corrected chi connectivity index (χ0v) is 12.1. The van der Waals surface area contributed by atoms with Gasteiger partial charge in [-0.05, 0) is 42.5 Å². The van der Waals surface area contributed by atoms with E-state index < -0.39 is 4.92 Å². The van der Waals surface area contributed by atoms with Gasteiger partial charge in [-0.3, -0.25) is 10.1 Å². The molecule has 1 N–H and O–H groups in total. The Balaban J connectivity index is 1.73. The predicted molar refractivity (Wildman–Crippen MR) is 84.0 cm³/mol. The van der Waals surface area contributed by atoms with Crippen molar-refractivity contribution in [2.24, 2.45) is 0 Å². The minimum Gasteiger partial charge on any atom is -0.382 e. The normalized spacial score (nSPS) is 17.1. The van der Waals surface area contributed by atoms with Crippen molar-refractivity contribution in [3.63, 3.8) is 0 Å². The second-order valence-corrected chi connectivity index (χ2v) is 5.68. The van der Waals surface area contributed by atoms with E-state index in [-0.39, 0.29) is 10.7 Å². The molecular formula is C16H15ClN2O2. The van der Waals surface area contributed by atoms with E-state index in [2.05, 4.69) is 29.6 Å². The number of nitrogens with zero attached hydrogens (tertiary/aromatic N) is 1. The molecule has 21 heavy (non-hydrogen) atoms. The summed E-state index contributed by atoms with van der Waals surface area (Å²) in [6, 6.07) is 13.6. The largest absolute Gasteiger partial charge is 0.382 e. The van der Waals surface area contributed by atoms with Crippen LogP contribution in [0.4, 0.5) is 11.4 Å². The van der Waals surface area contributed by atoms with E-state index in [1.165, 1.54) is 17.2 Å². The van der Waals surface area contributed by atoms with E-state index in [0.29, 0.717) is 6.04 Å². The Hall–Kier alpha value is -2.07. The predicted octanol–water partition coefficient (Wildman–Crippen LogP) is 4.22. The number of hydrogen-bond acceptors (Lipinski definition) is 3. The highest BCUT2D eigenvalue weighted by Crippen LogP contribution is 2.29. The zero-order chi connectivity index (χ0) is 14.8. The summed E-state index contributed by atoms with van der Waals surface area (Å²) in [5.41, 5.74) is 3.55. The second kappa shape index (κ2) is 5.74. The van der Waals surface area contributed by atoms with Gasteiger partial charge >= 0.3 is 0 Å². The molecule has 0 spiro atoms. The van der Waals surface area contributed by atoms with E-state index in [1.54, 1.807) is 12.1 Å². The Morgan fingerprint density at radius 2 is 1.95 bits per heavy atom. The highest BCUT2D eigenvalue weighted by molar-refractivity contribution is 6.32. The van der Waals surface area contributed by atoms with Crippen molar-refractivity contribution in [1.29, 1.82) is 0 Å². The first-order valence-electron chi connectivity index (χ1n) is 6.91. The monoisotopic (exact) mass is 302 g/mol. The van der Waals surface area contributed by atoms with Crippen molar-refractivity contribution in [2.75, 3.05) is 5.32 Å². The van der Waals surface area contributed by atoms with Gasteiger partial charge in [0, 0.05) is 17.8 Å². The van der Waals surface area contributed by atoms with Crippen molar-refractivity contribution in [3.05, 3.63) is 68.7 Å². The van der Waals surface area contributed by atoms with Gasteiger partial charge in [0.15, 0.2) is 0 Å². The lowest BCUT2D eigenvalue weighted by molar-refractivity contribution is -0.384. The van der Waals surface area contributed by atoms with Crippen LogP contribution in [0, 0.1) is 10.1 Å². The standard InChI is InChI=1S/C16H15ClN2O2/c17-15-10-14(7-8-16(15)19(20)21)18-13-6-5-11-3-1-2-4-12(11)9-13/h1-4,7-8,10,13,18H,5-6,9H2. The third-order valence-electron chi connectivity index (χ3n) is 3.86. The lowest BCUT2D eigenvalue weighted by Gasteiger charge is -2.26. The number of benzene rings is 2. The molecule has 5 heteroatoms. The minimum atomic E-state index is -0.469. The maximum atomic E-state index is 10.8. The van der Waals surface area contributed by atoms with Crippen molar-refractivity contribution >= 4 is 23.0 Å². The van der Waals surface area contributed by atoms with Crippen molar-refractivity contribution < 1.29 is 4.92 Å². The number of hydrogen-bond donors (Lipinski definition) is 1. The van der Waals surface area contributed by atoms with Gasteiger partial charge in [0.2, 0.25) is 0 Å². The Bertz CT molecular complexity index is 688. The Labute approximate surface area is 127 Å². The van der Waals surface area contributed by atoms with E-state index in [1.807, 2.05) is 0 Å². The summed E-state index contributed by atoms with van der Waals surface area (Å²) in [4.78, 5) is 10.3. The fourth-order valence-corrected chi connectivity index (χ4v) is 3.05. The maximum Gasteiger partial charge on any atom is 0.288 e. The van der Waals surface area contributed by atoms with Gasteiger partial charge in [0.05, 0.1) is 4.92 Å². The van der Waals surface area contributed by atoms with Crippen LogP contribution in [0.15, 0.2) is 42.5 Å². The fraction of sp³-hybridized carbons (Fsp3) is 0.250. The molecule has 0 fully saturated rings. The summed E-state index contributed by atoms with van der Waals surface area (Å²) in [6.07, 6.45) is 3.06. The molecule has 0 saturated carbocycles. The summed E-state index contributed by atoms with van der Waals surface area (Å²) in [6.45, 7) is 0. The summed E-state index contributed by atoms with van der Waals surface area (Å²) in [7, 11) is 0. The first-order valence-corrected chi connectivity index (χ1v) is 7.28. The Morgan fingerprint density at radius 1 is 1.19 bits per heavy atom. The van der Waals surface area contributed by atoms with Gasteiger partial charge in [0.25, 0.3) is 5.69 Å². The van der Waals surface area contributed by atoms with Crippen LogP contribution in [-0.4, -0.2) is 11.0 Å². The molecular weight excluding hydrogens is 288 g/mol. The van der Waals surface area contributed by atoms with Gasteiger partial charge in [0.1, 0.15) is 5.02 Å². The van der Waals surface area contributed by atoms with Crippen molar-refractivity contribution in [2.45, 2.75) is 25.3 Å². The van der Waals surface area contributed by atoms with Gasteiger partial charge in [-0.15, -0.1) is 0 Å².